The third-order valence-electron chi connectivity index (χ3n) is 3.10. The summed E-state index contributed by atoms with van der Waals surface area (Å²) in [5, 5.41) is 3.35. The lowest BCUT2D eigenvalue weighted by molar-refractivity contribution is 0.602. The second kappa shape index (κ2) is 5.97. The van der Waals surface area contributed by atoms with E-state index in [4.69, 9.17) is 0 Å². The standard InChI is InChI=1S/C15H19NO2S2/c1-4-13-8-9-15(19-13)11(2)16-12-6-5-7-14(10-12)20(3,17)18/h5-11,16H,4H2,1-3H3. The number of nitrogens with one attached hydrogen (secondary N) is 1. The van der Waals surface area contributed by atoms with Gasteiger partial charge in [0.05, 0.1) is 10.9 Å². The first-order chi connectivity index (χ1) is 9.40. The zero-order valence-corrected chi connectivity index (χ0v) is 13.5. The second-order valence-corrected chi connectivity index (χ2v) is 8.04. The van der Waals surface area contributed by atoms with Crippen LogP contribution in [0.25, 0.3) is 0 Å². The van der Waals surface area contributed by atoms with Crippen LogP contribution in [0.3, 0.4) is 0 Å². The van der Waals surface area contributed by atoms with Crippen LogP contribution in [0.2, 0.25) is 0 Å². The maximum Gasteiger partial charge on any atom is 0.175 e. The Bertz CT molecular complexity index is 689. The Labute approximate surface area is 124 Å². The van der Waals surface area contributed by atoms with Crippen molar-refractivity contribution in [2.75, 3.05) is 11.6 Å². The largest absolute Gasteiger partial charge is 0.378 e. The smallest absolute Gasteiger partial charge is 0.175 e. The average molecular weight is 309 g/mol. The van der Waals surface area contributed by atoms with Crippen LogP contribution in [0.1, 0.15) is 29.6 Å². The zero-order valence-electron chi connectivity index (χ0n) is 11.9. The van der Waals surface area contributed by atoms with E-state index in [0.717, 1.165) is 12.1 Å². The quantitative estimate of drug-likeness (QED) is 0.911. The van der Waals surface area contributed by atoms with Crippen molar-refractivity contribution in [2.24, 2.45) is 0 Å². The third-order valence-corrected chi connectivity index (χ3v) is 5.63. The van der Waals surface area contributed by atoms with E-state index >= 15 is 0 Å². The third kappa shape index (κ3) is 3.61. The Kier molecular flexibility index (Phi) is 4.50. The molecule has 3 nitrogen and oxygen atoms in total. The SMILES string of the molecule is CCc1ccc(C(C)Nc2cccc(S(C)(=O)=O)c2)s1. The molecule has 20 heavy (non-hydrogen) atoms. The van der Waals surface area contributed by atoms with Crippen molar-refractivity contribution >= 4 is 26.9 Å². The number of sulfone groups is 1. The minimum Gasteiger partial charge on any atom is -0.378 e. The summed E-state index contributed by atoms with van der Waals surface area (Å²) in [6.45, 7) is 4.22. The molecule has 1 aromatic heterocycles. The molecule has 0 fully saturated rings. The van der Waals surface area contributed by atoms with E-state index in [0.29, 0.717) is 4.90 Å². The molecule has 1 heterocycles. The van der Waals surface area contributed by atoms with Crippen molar-refractivity contribution in [3.63, 3.8) is 0 Å². The normalized spacial score (nSPS) is 13.2. The summed E-state index contributed by atoms with van der Waals surface area (Å²) < 4.78 is 23.1. The van der Waals surface area contributed by atoms with E-state index in [1.807, 2.05) is 6.07 Å². The Morgan fingerprint density at radius 1 is 1.25 bits per heavy atom. The molecule has 1 atom stereocenters. The van der Waals surface area contributed by atoms with E-state index in [2.05, 4.69) is 31.3 Å². The van der Waals surface area contributed by atoms with Gasteiger partial charge in [-0.05, 0) is 43.7 Å². The summed E-state index contributed by atoms with van der Waals surface area (Å²) in [7, 11) is -3.16. The monoisotopic (exact) mass is 309 g/mol. The van der Waals surface area contributed by atoms with Gasteiger partial charge >= 0.3 is 0 Å². The molecule has 1 unspecified atom stereocenters. The van der Waals surface area contributed by atoms with Crippen molar-refractivity contribution in [2.45, 2.75) is 31.2 Å². The number of thiophene rings is 1. The molecule has 2 rings (SSSR count). The van der Waals surface area contributed by atoms with Gasteiger partial charge in [0.2, 0.25) is 0 Å². The number of hydrogen-bond donors (Lipinski definition) is 1. The maximum absolute atomic E-state index is 11.6. The van der Waals surface area contributed by atoms with Gasteiger partial charge in [-0.15, -0.1) is 11.3 Å². The number of benzene rings is 1. The molecule has 0 bridgehead atoms. The van der Waals surface area contributed by atoms with Crippen molar-refractivity contribution in [3.8, 4) is 0 Å². The topological polar surface area (TPSA) is 46.2 Å². The van der Waals surface area contributed by atoms with Crippen molar-refractivity contribution < 1.29 is 8.42 Å². The van der Waals surface area contributed by atoms with Gasteiger partial charge < -0.3 is 5.32 Å². The summed E-state index contributed by atoms with van der Waals surface area (Å²) in [5.74, 6) is 0. The van der Waals surface area contributed by atoms with Gasteiger partial charge in [-0.25, -0.2) is 8.42 Å². The van der Waals surface area contributed by atoms with Crippen LogP contribution in [-0.4, -0.2) is 14.7 Å². The molecule has 0 radical (unpaired) electrons. The fourth-order valence-corrected chi connectivity index (χ4v) is 3.58. The molecular formula is C15H19NO2S2. The molecule has 0 amide bonds. The van der Waals surface area contributed by atoms with Crippen molar-refractivity contribution in [1.82, 2.24) is 0 Å². The average Bonchev–Trinajstić information content (AvgIpc) is 2.87. The van der Waals surface area contributed by atoms with Crippen LogP contribution >= 0.6 is 11.3 Å². The van der Waals surface area contributed by atoms with E-state index < -0.39 is 9.84 Å². The lowest BCUT2D eigenvalue weighted by Crippen LogP contribution is -2.06. The van der Waals surface area contributed by atoms with E-state index in [1.165, 1.54) is 16.0 Å². The van der Waals surface area contributed by atoms with Gasteiger partial charge in [0.1, 0.15) is 0 Å². The number of rotatable bonds is 5. The highest BCUT2D eigenvalue weighted by Gasteiger charge is 2.11. The lowest BCUT2D eigenvalue weighted by atomic mass is 10.2. The highest BCUT2D eigenvalue weighted by Crippen LogP contribution is 2.27. The van der Waals surface area contributed by atoms with Crippen LogP contribution in [-0.2, 0) is 16.3 Å². The van der Waals surface area contributed by atoms with Crippen LogP contribution < -0.4 is 5.32 Å². The number of anilines is 1. The first-order valence-corrected chi connectivity index (χ1v) is 9.26. The Morgan fingerprint density at radius 2 is 2.00 bits per heavy atom. The van der Waals surface area contributed by atoms with Crippen LogP contribution in [0, 0.1) is 0 Å². The van der Waals surface area contributed by atoms with Gasteiger partial charge in [-0.3, -0.25) is 0 Å². The first kappa shape index (κ1) is 15.1. The molecular weight excluding hydrogens is 290 g/mol. The van der Waals surface area contributed by atoms with Gasteiger partial charge in [0, 0.05) is 21.7 Å². The van der Waals surface area contributed by atoms with Crippen LogP contribution in [0.15, 0.2) is 41.3 Å². The summed E-state index contributed by atoms with van der Waals surface area (Å²) in [4.78, 5) is 2.96. The lowest BCUT2D eigenvalue weighted by Gasteiger charge is -2.14. The number of aryl methyl sites for hydroxylation is 1. The fraction of sp³-hybridized carbons (Fsp3) is 0.333. The van der Waals surface area contributed by atoms with Gasteiger partial charge in [0.15, 0.2) is 9.84 Å². The molecule has 0 saturated carbocycles. The van der Waals surface area contributed by atoms with Crippen molar-refractivity contribution in [3.05, 3.63) is 46.2 Å². The maximum atomic E-state index is 11.6. The molecule has 2 aromatic rings. The van der Waals surface area contributed by atoms with Gasteiger partial charge in [0.25, 0.3) is 0 Å². The molecule has 1 N–H and O–H groups in total. The summed E-state index contributed by atoms with van der Waals surface area (Å²) in [6, 6.07) is 11.4. The van der Waals surface area contributed by atoms with E-state index in [9.17, 15) is 8.42 Å². The zero-order chi connectivity index (χ0) is 14.8. The summed E-state index contributed by atoms with van der Waals surface area (Å²) in [6.07, 6.45) is 2.27. The van der Waals surface area contributed by atoms with E-state index in [-0.39, 0.29) is 6.04 Å². The molecule has 1 aromatic carbocycles. The molecule has 0 aliphatic carbocycles. The minimum absolute atomic E-state index is 0.162. The number of hydrogen-bond acceptors (Lipinski definition) is 4. The minimum atomic E-state index is -3.16. The Hall–Kier alpha value is -1.33. The summed E-state index contributed by atoms with van der Waals surface area (Å²) >= 11 is 1.79. The molecule has 0 spiro atoms. The van der Waals surface area contributed by atoms with Gasteiger partial charge in [-0.1, -0.05) is 13.0 Å². The van der Waals surface area contributed by atoms with E-state index in [1.54, 1.807) is 29.5 Å². The predicted molar refractivity (Wildman–Crippen MR) is 85.3 cm³/mol. The van der Waals surface area contributed by atoms with Crippen molar-refractivity contribution in [1.29, 1.82) is 0 Å². The van der Waals surface area contributed by atoms with Crippen LogP contribution in [0.4, 0.5) is 5.69 Å². The molecule has 5 heteroatoms. The highest BCUT2D eigenvalue weighted by atomic mass is 32.2. The first-order valence-electron chi connectivity index (χ1n) is 6.55. The summed E-state index contributed by atoms with van der Waals surface area (Å²) in [5.41, 5.74) is 0.826. The predicted octanol–water partition coefficient (Wildman–Crippen LogP) is 3.89. The fourth-order valence-electron chi connectivity index (χ4n) is 1.95. The molecule has 0 aliphatic heterocycles. The molecule has 108 valence electrons. The van der Waals surface area contributed by atoms with Gasteiger partial charge in [-0.2, -0.15) is 0 Å². The van der Waals surface area contributed by atoms with Crippen LogP contribution in [0.5, 0.6) is 0 Å². The molecule has 0 aliphatic rings. The Balaban J connectivity index is 2.17. The molecule has 0 saturated heterocycles. The second-order valence-electron chi connectivity index (χ2n) is 4.82. The highest BCUT2D eigenvalue weighted by molar-refractivity contribution is 7.90. The Morgan fingerprint density at radius 3 is 2.60 bits per heavy atom.